The van der Waals surface area contributed by atoms with Gasteiger partial charge in [-0.2, -0.15) is 26.3 Å². The van der Waals surface area contributed by atoms with Crippen molar-refractivity contribution in [2.45, 2.75) is 69.9 Å². The van der Waals surface area contributed by atoms with Gasteiger partial charge in [0.15, 0.2) is 0 Å². The number of ether oxygens (including phenoxy) is 1. The van der Waals surface area contributed by atoms with Crippen LogP contribution in [-0.4, -0.2) is 77.5 Å². The van der Waals surface area contributed by atoms with Crippen molar-refractivity contribution in [3.8, 4) is 0 Å². The summed E-state index contributed by atoms with van der Waals surface area (Å²) in [5, 5.41) is 0.447. The second-order valence-corrected chi connectivity index (χ2v) is 13.7. The minimum atomic E-state index is -5.12. The van der Waals surface area contributed by atoms with E-state index < -0.39 is 58.6 Å². The highest BCUT2D eigenvalue weighted by molar-refractivity contribution is 6.42. The Balaban J connectivity index is 1.58. The second-order valence-electron chi connectivity index (χ2n) is 12.9. The number of benzene rings is 2. The molecule has 4 rings (SSSR count). The number of likely N-dealkylation sites (tertiary alicyclic amines) is 2. The van der Waals surface area contributed by atoms with E-state index in [4.69, 9.17) is 27.9 Å². The fourth-order valence-corrected chi connectivity index (χ4v) is 6.31. The number of hydrogen-bond acceptors (Lipinski definition) is 4. The van der Waals surface area contributed by atoms with Crippen molar-refractivity contribution < 1.29 is 45.5 Å². The lowest BCUT2D eigenvalue weighted by molar-refractivity contribution is -0.143. The van der Waals surface area contributed by atoms with Crippen LogP contribution in [0.15, 0.2) is 36.4 Å². The van der Waals surface area contributed by atoms with Gasteiger partial charge in [-0.05, 0) is 75.9 Å². The summed E-state index contributed by atoms with van der Waals surface area (Å²) in [7, 11) is 1.31. The third-order valence-corrected chi connectivity index (χ3v) is 9.15. The number of halogens is 8. The van der Waals surface area contributed by atoms with Gasteiger partial charge in [0, 0.05) is 56.7 Å². The SMILES string of the molecule is CN(C(=O)c1cc(C(F)(F)F)cc(C(F)(F)F)c1)[C@H]1CCN(C(=O)C2CCN(C(=O)OC(C)(C)C)CC2)C[C@@H]1c1ccc(Cl)c(Cl)c1. The Hall–Kier alpha value is -3.19. The van der Waals surface area contributed by atoms with Crippen LogP contribution in [0.3, 0.4) is 0 Å². The van der Waals surface area contributed by atoms with Crippen molar-refractivity contribution in [2.75, 3.05) is 33.2 Å². The summed E-state index contributed by atoms with van der Waals surface area (Å²) in [6.07, 6.45) is -9.70. The molecule has 258 valence electrons. The van der Waals surface area contributed by atoms with E-state index in [1.807, 2.05) is 0 Å². The summed E-state index contributed by atoms with van der Waals surface area (Å²) in [4.78, 5) is 44.1. The maximum atomic E-state index is 13.7. The molecular formula is C32H35Cl2F6N3O4. The fraction of sp³-hybridized carbons (Fsp3) is 0.531. The predicted molar refractivity (Wildman–Crippen MR) is 163 cm³/mol. The molecule has 2 aromatic rings. The minimum absolute atomic E-state index is 0.0304. The predicted octanol–water partition coefficient (Wildman–Crippen LogP) is 8.13. The fourth-order valence-electron chi connectivity index (χ4n) is 6.00. The lowest BCUT2D eigenvalue weighted by Gasteiger charge is -2.44. The first-order chi connectivity index (χ1) is 21.7. The smallest absolute Gasteiger partial charge is 0.416 e. The van der Waals surface area contributed by atoms with Gasteiger partial charge in [0.25, 0.3) is 5.91 Å². The highest BCUT2D eigenvalue weighted by Crippen LogP contribution is 2.39. The van der Waals surface area contributed by atoms with Crippen LogP contribution in [0.2, 0.25) is 10.0 Å². The normalized spacial score (nSPS) is 19.8. The largest absolute Gasteiger partial charge is 0.444 e. The summed E-state index contributed by atoms with van der Waals surface area (Å²) >= 11 is 12.4. The molecule has 2 aliphatic rings. The van der Waals surface area contributed by atoms with E-state index >= 15 is 0 Å². The molecule has 0 aromatic heterocycles. The van der Waals surface area contributed by atoms with Crippen LogP contribution in [-0.2, 0) is 21.9 Å². The second kappa shape index (κ2) is 13.7. The first kappa shape index (κ1) is 36.6. The van der Waals surface area contributed by atoms with Crippen molar-refractivity contribution in [3.05, 3.63) is 68.7 Å². The topological polar surface area (TPSA) is 70.2 Å². The maximum Gasteiger partial charge on any atom is 0.416 e. The van der Waals surface area contributed by atoms with Gasteiger partial charge in [-0.3, -0.25) is 9.59 Å². The molecule has 2 aliphatic heterocycles. The Labute approximate surface area is 278 Å². The number of hydrogen-bond donors (Lipinski definition) is 0. The van der Waals surface area contributed by atoms with Crippen molar-refractivity contribution in [1.82, 2.24) is 14.7 Å². The molecule has 2 heterocycles. The van der Waals surface area contributed by atoms with Crippen LogP contribution in [0, 0.1) is 5.92 Å². The Bertz CT molecular complexity index is 1470. The first-order valence-corrected chi connectivity index (χ1v) is 15.7. The number of carbonyl (C=O) groups is 3. The van der Waals surface area contributed by atoms with Gasteiger partial charge in [0.1, 0.15) is 5.60 Å². The lowest BCUT2D eigenvalue weighted by Crippen LogP contribution is -2.54. The van der Waals surface area contributed by atoms with Crippen LogP contribution < -0.4 is 0 Å². The van der Waals surface area contributed by atoms with Crippen LogP contribution in [0.5, 0.6) is 0 Å². The van der Waals surface area contributed by atoms with Crippen LogP contribution in [0.25, 0.3) is 0 Å². The molecule has 0 unspecified atom stereocenters. The zero-order valence-corrected chi connectivity index (χ0v) is 27.7. The van der Waals surface area contributed by atoms with Crippen LogP contribution in [0.1, 0.15) is 73.0 Å². The highest BCUT2D eigenvalue weighted by Gasteiger charge is 2.41. The number of amides is 3. The molecular weight excluding hydrogens is 675 g/mol. The minimum Gasteiger partial charge on any atom is -0.444 e. The van der Waals surface area contributed by atoms with E-state index in [0.717, 1.165) is 4.90 Å². The van der Waals surface area contributed by atoms with Gasteiger partial charge in [-0.15, -0.1) is 0 Å². The van der Waals surface area contributed by atoms with Crippen molar-refractivity contribution in [3.63, 3.8) is 0 Å². The van der Waals surface area contributed by atoms with E-state index in [9.17, 15) is 40.7 Å². The van der Waals surface area contributed by atoms with E-state index in [0.29, 0.717) is 43.6 Å². The van der Waals surface area contributed by atoms with Gasteiger partial charge in [-0.25, -0.2) is 4.79 Å². The number of alkyl halides is 6. The molecule has 0 aliphatic carbocycles. The third kappa shape index (κ3) is 8.84. The molecule has 0 N–H and O–H groups in total. The number of nitrogens with zero attached hydrogens (tertiary/aromatic N) is 3. The van der Waals surface area contributed by atoms with E-state index in [2.05, 4.69) is 0 Å². The quantitative estimate of drug-likeness (QED) is 0.301. The average molecular weight is 711 g/mol. The summed E-state index contributed by atoms with van der Waals surface area (Å²) in [6, 6.07) is 4.82. The summed E-state index contributed by atoms with van der Waals surface area (Å²) in [5.41, 5.74) is -4.03. The Morgan fingerprint density at radius 3 is 1.87 bits per heavy atom. The highest BCUT2D eigenvalue weighted by atomic mass is 35.5. The van der Waals surface area contributed by atoms with Crippen molar-refractivity contribution in [2.24, 2.45) is 5.92 Å². The van der Waals surface area contributed by atoms with Gasteiger partial charge in [-0.1, -0.05) is 29.3 Å². The molecule has 2 aromatic carbocycles. The van der Waals surface area contributed by atoms with E-state index in [1.54, 1.807) is 42.7 Å². The maximum absolute atomic E-state index is 13.7. The summed E-state index contributed by atoms with van der Waals surface area (Å²) in [6.45, 7) is 6.22. The van der Waals surface area contributed by atoms with E-state index in [-0.39, 0.29) is 47.4 Å². The average Bonchev–Trinajstić information content (AvgIpc) is 2.99. The molecule has 47 heavy (non-hydrogen) atoms. The lowest BCUT2D eigenvalue weighted by atomic mass is 9.83. The summed E-state index contributed by atoms with van der Waals surface area (Å²) < 4.78 is 86.6. The molecule has 15 heteroatoms. The molecule has 2 fully saturated rings. The van der Waals surface area contributed by atoms with Gasteiger partial charge >= 0.3 is 18.4 Å². The standard InChI is InChI=1S/C32H35Cl2F6N3O4/c1-30(2,3)47-29(46)42-10-7-18(8-11-42)28(45)43-12-9-26(23(17-43)19-5-6-24(33)25(34)15-19)41(4)27(44)20-13-21(31(35,36)37)16-22(14-20)32(38,39)40/h5-6,13-16,18,23,26H,7-12,17H2,1-4H3/t23-,26+/m1/s1. The van der Waals surface area contributed by atoms with Crippen LogP contribution >= 0.6 is 23.2 Å². The number of likely N-dealkylation sites (N-methyl/N-ethyl adjacent to an activating group) is 1. The molecule has 0 bridgehead atoms. The molecule has 3 amide bonds. The first-order valence-electron chi connectivity index (χ1n) is 14.9. The van der Waals surface area contributed by atoms with Crippen molar-refractivity contribution >= 4 is 41.1 Å². The monoisotopic (exact) mass is 709 g/mol. The zero-order valence-electron chi connectivity index (χ0n) is 26.1. The molecule has 2 saturated heterocycles. The number of carbonyl (C=O) groups excluding carboxylic acids is 3. The molecule has 7 nitrogen and oxygen atoms in total. The third-order valence-electron chi connectivity index (χ3n) is 8.41. The zero-order chi connectivity index (χ0) is 35.1. The Morgan fingerprint density at radius 1 is 0.809 bits per heavy atom. The number of rotatable bonds is 4. The molecule has 0 radical (unpaired) electrons. The van der Waals surface area contributed by atoms with E-state index in [1.165, 1.54) is 13.1 Å². The Kier molecular flexibility index (Phi) is 10.7. The van der Waals surface area contributed by atoms with Gasteiger partial charge < -0.3 is 19.4 Å². The van der Waals surface area contributed by atoms with Crippen molar-refractivity contribution in [1.29, 1.82) is 0 Å². The summed E-state index contributed by atoms with van der Waals surface area (Å²) in [5.74, 6) is -2.18. The molecule has 0 spiro atoms. The Morgan fingerprint density at radius 2 is 1.36 bits per heavy atom. The molecule has 0 saturated carbocycles. The molecule has 2 atom stereocenters. The number of piperidine rings is 2. The van der Waals surface area contributed by atoms with Crippen LogP contribution in [0.4, 0.5) is 31.1 Å². The van der Waals surface area contributed by atoms with Gasteiger partial charge in [0.05, 0.1) is 21.2 Å². The van der Waals surface area contributed by atoms with Gasteiger partial charge in [0.2, 0.25) is 5.91 Å².